The Morgan fingerprint density at radius 2 is 2.07 bits per heavy atom. The molecule has 3 rings (SSSR count). The van der Waals surface area contributed by atoms with E-state index >= 15 is 0 Å². The van der Waals surface area contributed by atoms with Crippen molar-refractivity contribution >= 4 is 22.1 Å². The number of pyridine rings is 1. The van der Waals surface area contributed by atoms with Gasteiger partial charge in [-0.1, -0.05) is 6.07 Å². The van der Waals surface area contributed by atoms with Crippen LogP contribution in [0.5, 0.6) is 0 Å². The fraction of sp³-hybridized carbons (Fsp3) is 0.167. The maximum atomic E-state index is 6.07. The molecule has 0 aliphatic rings. The molecule has 3 aromatic heterocycles. The molecule has 2 N–H and O–H groups in total. The van der Waals surface area contributed by atoms with E-state index in [0.29, 0.717) is 0 Å². The zero-order chi connectivity index (χ0) is 10.6. The predicted octanol–water partition coefficient (Wildman–Crippen LogP) is 2.32. The predicted molar refractivity (Wildman–Crippen MR) is 63.0 cm³/mol. The number of nitrogen functional groups attached to an aromatic ring is 1. The van der Waals surface area contributed by atoms with E-state index in [1.807, 2.05) is 18.3 Å². The van der Waals surface area contributed by atoms with Gasteiger partial charge in [0.25, 0.3) is 0 Å². The molecule has 3 heterocycles. The lowest BCUT2D eigenvalue weighted by Crippen LogP contribution is -1.94. The molecule has 0 saturated heterocycles. The van der Waals surface area contributed by atoms with Gasteiger partial charge in [-0.25, -0.2) is 0 Å². The Morgan fingerprint density at radius 3 is 2.87 bits per heavy atom. The Balaban J connectivity index is 2.65. The highest BCUT2D eigenvalue weighted by atomic mass is 15.0. The van der Waals surface area contributed by atoms with Crippen LogP contribution in [0, 0.1) is 6.92 Å². The lowest BCUT2D eigenvalue weighted by Gasteiger charge is -2.00. The molecule has 76 valence electrons. The standard InChI is InChI=1S/C12H13N3/c1-8-11(13)9-7-15-6-4-3-5-10(15)12(9)14(8)2/h3-7H,13H2,1-2H3. The van der Waals surface area contributed by atoms with Gasteiger partial charge < -0.3 is 14.7 Å². The fourth-order valence-corrected chi connectivity index (χ4v) is 2.20. The molecule has 0 fully saturated rings. The molecule has 0 spiro atoms. The third kappa shape index (κ3) is 0.897. The summed E-state index contributed by atoms with van der Waals surface area (Å²) in [5, 5.41) is 1.14. The number of hydrogen-bond acceptors (Lipinski definition) is 1. The van der Waals surface area contributed by atoms with Crippen LogP contribution in [0.3, 0.4) is 0 Å². The molecule has 0 aromatic carbocycles. The summed E-state index contributed by atoms with van der Waals surface area (Å²) in [6.45, 7) is 2.05. The van der Waals surface area contributed by atoms with Gasteiger partial charge in [-0.05, 0) is 19.1 Å². The van der Waals surface area contributed by atoms with E-state index in [0.717, 1.165) is 16.8 Å². The van der Waals surface area contributed by atoms with Crippen LogP contribution in [-0.2, 0) is 7.05 Å². The minimum Gasteiger partial charge on any atom is -0.397 e. The second-order valence-electron chi connectivity index (χ2n) is 3.94. The van der Waals surface area contributed by atoms with E-state index in [1.54, 1.807) is 0 Å². The SMILES string of the molecule is Cc1c(N)c2cn3ccccc3c2n1C. The van der Waals surface area contributed by atoms with Crippen LogP contribution in [0.15, 0.2) is 30.6 Å². The maximum absolute atomic E-state index is 6.07. The van der Waals surface area contributed by atoms with E-state index < -0.39 is 0 Å². The van der Waals surface area contributed by atoms with Gasteiger partial charge in [0.1, 0.15) is 0 Å². The first-order chi connectivity index (χ1) is 7.20. The number of hydrogen-bond donors (Lipinski definition) is 1. The summed E-state index contributed by atoms with van der Waals surface area (Å²) in [5.41, 5.74) is 10.5. The van der Waals surface area contributed by atoms with Gasteiger partial charge in [0.2, 0.25) is 0 Å². The minimum absolute atomic E-state index is 0.885. The summed E-state index contributed by atoms with van der Waals surface area (Å²) in [6, 6.07) is 6.18. The van der Waals surface area contributed by atoms with Crippen molar-refractivity contribution in [2.45, 2.75) is 6.92 Å². The number of nitrogens with two attached hydrogens (primary N) is 1. The van der Waals surface area contributed by atoms with Gasteiger partial charge in [0.15, 0.2) is 0 Å². The van der Waals surface area contributed by atoms with E-state index in [1.165, 1.54) is 11.0 Å². The van der Waals surface area contributed by atoms with Gasteiger partial charge in [-0.15, -0.1) is 0 Å². The molecular formula is C12H13N3. The van der Waals surface area contributed by atoms with Crippen LogP contribution in [0.2, 0.25) is 0 Å². The largest absolute Gasteiger partial charge is 0.397 e. The average molecular weight is 199 g/mol. The van der Waals surface area contributed by atoms with Gasteiger partial charge >= 0.3 is 0 Å². The van der Waals surface area contributed by atoms with Crippen molar-refractivity contribution in [2.24, 2.45) is 7.05 Å². The number of fused-ring (bicyclic) bond motifs is 3. The minimum atomic E-state index is 0.885. The van der Waals surface area contributed by atoms with Crippen LogP contribution >= 0.6 is 0 Å². The number of rotatable bonds is 0. The first-order valence-electron chi connectivity index (χ1n) is 5.00. The van der Waals surface area contributed by atoms with Crippen molar-refractivity contribution in [3.8, 4) is 0 Å². The van der Waals surface area contributed by atoms with Gasteiger partial charge in [0, 0.05) is 30.5 Å². The molecule has 0 saturated carbocycles. The zero-order valence-electron chi connectivity index (χ0n) is 8.86. The summed E-state index contributed by atoms with van der Waals surface area (Å²) >= 11 is 0. The molecule has 3 nitrogen and oxygen atoms in total. The Bertz CT molecular complexity index is 658. The number of aromatic nitrogens is 2. The lowest BCUT2D eigenvalue weighted by atomic mass is 10.3. The molecule has 0 amide bonds. The van der Waals surface area contributed by atoms with Crippen molar-refractivity contribution in [3.63, 3.8) is 0 Å². The Kier molecular flexibility index (Phi) is 1.44. The Morgan fingerprint density at radius 1 is 1.27 bits per heavy atom. The number of aryl methyl sites for hydroxylation is 1. The molecule has 0 aliphatic carbocycles. The van der Waals surface area contributed by atoms with E-state index in [-0.39, 0.29) is 0 Å². The summed E-state index contributed by atoms with van der Waals surface area (Å²) in [7, 11) is 2.06. The average Bonchev–Trinajstić information content (AvgIpc) is 2.72. The third-order valence-corrected chi connectivity index (χ3v) is 3.17. The molecular weight excluding hydrogens is 186 g/mol. The van der Waals surface area contributed by atoms with E-state index in [2.05, 4.69) is 35.2 Å². The molecule has 0 atom stereocenters. The van der Waals surface area contributed by atoms with Crippen molar-refractivity contribution < 1.29 is 0 Å². The van der Waals surface area contributed by atoms with Crippen LogP contribution < -0.4 is 5.73 Å². The van der Waals surface area contributed by atoms with Gasteiger partial charge in [0.05, 0.1) is 16.7 Å². The quantitative estimate of drug-likeness (QED) is 0.592. The molecule has 0 bridgehead atoms. The highest BCUT2D eigenvalue weighted by Gasteiger charge is 2.13. The fourth-order valence-electron chi connectivity index (χ4n) is 2.20. The molecule has 15 heavy (non-hydrogen) atoms. The summed E-state index contributed by atoms with van der Waals surface area (Å²) < 4.78 is 4.26. The zero-order valence-corrected chi connectivity index (χ0v) is 8.86. The van der Waals surface area contributed by atoms with Gasteiger partial charge in [-0.2, -0.15) is 0 Å². The van der Waals surface area contributed by atoms with Crippen molar-refractivity contribution in [1.29, 1.82) is 0 Å². The van der Waals surface area contributed by atoms with Gasteiger partial charge in [-0.3, -0.25) is 0 Å². The van der Waals surface area contributed by atoms with Crippen LogP contribution in [0.4, 0.5) is 5.69 Å². The summed E-state index contributed by atoms with van der Waals surface area (Å²) in [6.07, 6.45) is 4.14. The third-order valence-electron chi connectivity index (χ3n) is 3.17. The van der Waals surface area contributed by atoms with Crippen molar-refractivity contribution in [1.82, 2.24) is 8.97 Å². The second kappa shape index (κ2) is 2.57. The van der Waals surface area contributed by atoms with E-state index in [9.17, 15) is 0 Å². The Labute approximate surface area is 87.7 Å². The second-order valence-corrected chi connectivity index (χ2v) is 3.94. The molecule has 0 aliphatic heterocycles. The highest BCUT2D eigenvalue weighted by molar-refractivity contribution is 6.03. The Hall–Kier alpha value is -1.90. The van der Waals surface area contributed by atoms with Crippen LogP contribution in [0.1, 0.15) is 5.69 Å². The smallest absolute Gasteiger partial charge is 0.0760 e. The lowest BCUT2D eigenvalue weighted by molar-refractivity contribution is 0.921. The van der Waals surface area contributed by atoms with Crippen molar-refractivity contribution in [3.05, 3.63) is 36.3 Å². The monoisotopic (exact) mass is 199 g/mol. The first kappa shape index (κ1) is 8.41. The first-order valence-corrected chi connectivity index (χ1v) is 5.00. The number of anilines is 1. The molecule has 0 radical (unpaired) electrons. The molecule has 0 unspecified atom stereocenters. The summed E-state index contributed by atoms with van der Waals surface area (Å²) in [4.78, 5) is 0. The molecule has 3 heteroatoms. The maximum Gasteiger partial charge on any atom is 0.0760 e. The summed E-state index contributed by atoms with van der Waals surface area (Å²) in [5.74, 6) is 0. The number of nitrogens with zero attached hydrogens (tertiary/aromatic N) is 2. The highest BCUT2D eigenvalue weighted by Crippen LogP contribution is 2.31. The van der Waals surface area contributed by atoms with E-state index in [4.69, 9.17) is 5.73 Å². The van der Waals surface area contributed by atoms with Crippen molar-refractivity contribution in [2.75, 3.05) is 5.73 Å². The topological polar surface area (TPSA) is 35.4 Å². The van der Waals surface area contributed by atoms with Crippen LogP contribution in [0.25, 0.3) is 16.4 Å². The normalized spacial score (nSPS) is 11.6. The van der Waals surface area contributed by atoms with Crippen LogP contribution in [-0.4, -0.2) is 8.97 Å². The molecule has 3 aromatic rings.